The first-order valence-corrected chi connectivity index (χ1v) is 10.1. The van der Waals surface area contributed by atoms with Crippen molar-refractivity contribution in [1.29, 1.82) is 0 Å². The van der Waals surface area contributed by atoms with E-state index in [0.717, 1.165) is 18.5 Å². The summed E-state index contributed by atoms with van der Waals surface area (Å²) >= 11 is 0. The Kier molecular flexibility index (Phi) is 13.0. The van der Waals surface area contributed by atoms with Crippen molar-refractivity contribution in [3.05, 3.63) is 37.3 Å². The summed E-state index contributed by atoms with van der Waals surface area (Å²) in [5.74, 6) is -0.329. The molecule has 0 aromatic heterocycles. The van der Waals surface area contributed by atoms with E-state index in [1.807, 2.05) is 30.3 Å². The van der Waals surface area contributed by atoms with E-state index >= 15 is 0 Å². The first-order chi connectivity index (χ1) is 12.3. The Morgan fingerprint density at radius 3 is 1.80 bits per heavy atom. The van der Waals surface area contributed by atoms with Crippen LogP contribution in [0, 0.1) is 6.92 Å². The Bertz CT molecular complexity index is 433. The number of hydrogen-bond donors (Lipinski definition) is 0. The van der Waals surface area contributed by atoms with Crippen LogP contribution < -0.4 is 5.06 Å². The summed E-state index contributed by atoms with van der Waals surface area (Å²) in [5, 5.41) is 1.29. The second-order valence-electron chi connectivity index (χ2n) is 6.75. The summed E-state index contributed by atoms with van der Waals surface area (Å²) in [6, 6.07) is 9.40. The smallest absolute Gasteiger partial charge is 0.251 e. The molecule has 0 N–H and O–H groups in total. The maximum Gasteiger partial charge on any atom is 0.251 e. The molecule has 0 atom stereocenters. The summed E-state index contributed by atoms with van der Waals surface area (Å²) in [7, 11) is 0. The van der Waals surface area contributed by atoms with Gasteiger partial charge in [-0.25, -0.2) is 0 Å². The minimum absolute atomic E-state index is 0.329. The van der Waals surface area contributed by atoms with Crippen molar-refractivity contribution in [3.63, 3.8) is 0 Å². The second kappa shape index (κ2) is 14.9. The highest BCUT2D eigenvalue weighted by Gasteiger charge is 2.11. The molecule has 1 aromatic carbocycles. The number of anilines is 1. The lowest BCUT2D eigenvalue weighted by atomic mass is 10.1. The number of unbranched alkanes of at least 4 members (excludes halogenated alkanes) is 11. The highest BCUT2D eigenvalue weighted by Crippen LogP contribution is 2.15. The predicted octanol–water partition coefficient (Wildman–Crippen LogP) is 6.49. The Labute approximate surface area is 154 Å². The van der Waals surface area contributed by atoms with Crippen LogP contribution in [-0.2, 0) is 9.63 Å². The van der Waals surface area contributed by atoms with Crippen molar-refractivity contribution in [2.75, 3.05) is 11.7 Å². The minimum Gasteiger partial charge on any atom is -0.272 e. The van der Waals surface area contributed by atoms with Crippen molar-refractivity contribution in [3.8, 4) is 0 Å². The van der Waals surface area contributed by atoms with Gasteiger partial charge >= 0.3 is 0 Å². The standard InChI is InChI=1S/C22H36NO2/c1-3-4-5-6-7-8-9-10-11-12-13-17-20-25-23(21(2)24)22-18-15-14-16-19-22/h14-16,18-19H,2-13,17,20H2,1H3. The number of amides is 1. The molecule has 0 saturated carbocycles. The third kappa shape index (κ3) is 11.0. The van der Waals surface area contributed by atoms with Crippen molar-refractivity contribution in [1.82, 2.24) is 0 Å². The first kappa shape index (κ1) is 21.7. The lowest BCUT2D eigenvalue weighted by Crippen LogP contribution is -2.29. The molecule has 0 aliphatic rings. The Hall–Kier alpha value is -1.35. The van der Waals surface area contributed by atoms with Crippen LogP contribution in [-0.4, -0.2) is 12.5 Å². The molecule has 3 nitrogen and oxygen atoms in total. The quantitative estimate of drug-likeness (QED) is 0.268. The maximum atomic E-state index is 11.6. The van der Waals surface area contributed by atoms with Crippen molar-refractivity contribution >= 4 is 11.6 Å². The predicted molar refractivity (Wildman–Crippen MR) is 106 cm³/mol. The van der Waals surface area contributed by atoms with Crippen LogP contribution in [0.1, 0.15) is 84.0 Å². The largest absolute Gasteiger partial charge is 0.272 e. The maximum absolute atomic E-state index is 11.6. The molecular weight excluding hydrogens is 310 g/mol. The number of carbonyl (C=O) groups is 1. The first-order valence-electron chi connectivity index (χ1n) is 10.1. The van der Waals surface area contributed by atoms with Gasteiger partial charge in [-0.15, -0.1) is 0 Å². The van der Waals surface area contributed by atoms with E-state index < -0.39 is 0 Å². The molecule has 0 unspecified atom stereocenters. The molecule has 0 saturated heterocycles. The molecule has 1 radical (unpaired) electrons. The van der Waals surface area contributed by atoms with E-state index in [1.54, 1.807) is 0 Å². The normalized spacial score (nSPS) is 10.8. The van der Waals surface area contributed by atoms with Gasteiger partial charge in [0.1, 0.15) is 0 Å². The van der Waals surface area contributed by atoms with Gasteiger partial charge in [-0.3, -0.25) is 9.63 Å². The third-order valence-electron chi connectivity index (χ3n) is 4.44. The highest BCUT2D eigenvalue weighted by molar-refractivity contribution is 5.94. The second-order valence-corrected chi connectivity index (χ2v) is 6.75. The van der Waals surface area contributed by atoms with Gasteiger partial charge in [-0.05, 0) is 18.6 Å². The molecule has 141 valence electrons. The van der Waals surface area contributed by atoms with Crippen LogP contribution in [0.2, 0.25) is 0 Å². The molecule has 0 aliphatic heterocycles. The van der Waals surface area contributed by atoms with Crippen LogP contribution >= 0.6 is 0 Å². The van der Waals surface area contributed by atoms with E-state index in [4.69, 9.17) is 4.84 Å². The molecule has 1 amide bonds. The third-order valence-corrected chi connectivity index (χ3v) is 4.44. The van der Waals surface area contributed by atoms with Gasteiger partial charge in [0.25, 0.3) is 5.91 Å². The Morgan fingerprint density at radius 1 is 0.840 bits per heavy atom. The van der Waals surface area contributed by atoms with Crippen LogP contribution in [0.3, 0.4) is 0 Å². The molecule has 0 spiro atoms. The van der Waals surface area contributed by atoms with Crippen LogP contribution in [0.4, 0.5) is 5.69 Å². The summed E-state index contributed by atoms with van der Waals surface area (Å²) in [4.78, 5) is 17.2. The van der Waals surface area contributed by atoms with E-state index in [2.05, 4.69) is 13.8 Å². The minimum atomic E-state index is -0.329. The molecule has 0 fully saturated rings. The number of benzene rings is 1. The van der Waals surface area contributed by atoms with Gasteiger partial charge in [-0.1, -0.05) is 95.8 Å². The van der Waals surface area contributed by atoms with Gasteiger partial charge in [0.05, 0.1) is 12.3 Å². The lowest BCUT2D eigenvalue weighted by molar-refractivity contribution is -0.121. The zero-order valence-corrected chi connectivity index (χ0v) is 16.0. The van der Waals surface area contributed by atoms with Crippen molar-refractivity contribution in [2.45, 2.75) is 84.0 Å². The van der Waals surface area contributed by atoms with Gasteiger partial charge < -0.3 is 0 Å². The highest BCUT2D eigenvalue weighted by atomic mass is 16.7. The summed E-state index contributed by atoms with van der Waals surface area (Å²) in [6.07, 6.45) is 15.8. The number of hydroxylamine groups is 1. The van der Waals surface area contributed by atoms with E-state index in [1.165, 1.54) is 69.3 Å². The fourth-order valence-corrected chi connectivity index (χ4v) is 2.95. The molecule has 25 heavy (non-hydrogen) atoms. The Morgan fingerprint density at radius 2 is 1.32 bits per heavy atom. The molecular formula is C22H36NO2. The molecule has 0 bridgehead atoms. The zero-order valence-electron chi connectivity index (χ0n) is 16.0. The van der Waals surface area contributed by atoms with Gasteiger partial charge in [0.15, 0.2) is 0 Å². The monoisotopic (exact) mass is 346 g/mol. The van der Waals surface area contributed by atoms with Crippen LogP contribution in [0.5, 0.6) is 0 Å². The number of hydrogen-bond acceptors (Lipinski definition) is 2. The van der Waals surface area contributed by atoms with Crippen molar-refractivity contribution in [2.24, 2.45) is 0 Å². The van der Waals surface area contributed by atoms with Gasteiger partial charge in [0.2, 0.25) is 0 Å². The lowest BCUT2D eigenvalue weighted by Gasteiger charge is -2.20. The average Bonchev–Trinajstić information content (AvgIpc) is 2.62. The number of rotatable bonds is 15. The number of carbonyl (C=O) groups excluding carboxylic acids is 1. The number of nitrogens with zero attached hydrogens (tertiary/aromatic N) is 1. The fourth-order valence-electron chi connectivity index (χ4n) is 2.95. The summed E-state index contributed by atoms with van der Waals surface area (Å²) < 4.78 is 0. The summed E-state index contributed by atoms with van der Waals surface area (Å²) in [5.41, 5.74) is 0.737. The topological polar surface area (TPSA) is 29.5 Å². The summed E-state index contributed by atoms with van der Waals surface area (Å²) in [6.45, 7) is 6.29. The molecule has 0 aliphatic carbocycles. The molecule has 3 heteroatoms. The Balaban J connectivity index is 1.96. The van der Waals surface area contributed by atoms with E-state index in [0.29, 0.717) is 6.61 Å². The van der Waals surface area contributed by atoms with Crippen molar-refractivity contribution < 1.29 is 9.63 Å². The number of para-hydroxylation sites is 1. The van der Waals surface area contributed by atoms with Gasteiger partial charge in [0, 0.05) is 6.92 Å². The van der Waals surface area contributed by atoms with Gasteiger partial charge in [-0.2, -0.15) is 5.06 Å². The fraction of sp³-hybridized carbons (Fsp3) is 0.636. The van der Waals surface area contributed by atoms with E-state index in [-0.39, 0.29) is 5.91 Å². The SMILES string of the molecule is [CH2]C(=O)N(OCCCCCCCCCCCCCC)c1ccccc1. The molecule has 1 aromatic rings. The molecule has 0 heterocycles. The van der Waals surface area contributed by atoms with Crippen LogP contribution in [0.15, 0.2) is 30.3 Å². The average molecular weight is 347 g/mol. The van der Waals surface area contributed by atoms with E-state index in [9.17, 15) is 4.79 Å². The molecule has 1 rings (SSSR count). The zero-order chi connectivity index (χ0) is 18.2. The van der Waals surface area contributed by atoms with Crippen LogP contribution in [0.25, 0.3) is 0 Å².